The lowest BCUT2D eigenvalue weighted by Crippen LogP contribution is -2.27. The van der Waals surface area contributed by atoms with Crippen LogP contribution in [0.3, 0.4) is 0 Å². The molecule has 3 rings (SSSR count). The number of carbonyl (C=O) groups is 1. The summed E-state index contributed by atoms with van der Waals surface area (Å²) >= 11 is 2.92. The first kappa shape index (κ1) is 15.7. The summed E-state index contributed by atoms with van der Waals surface area (Å²) in [4.78, 5) is 14.5. The number of amides is 1. The van der Waals surface area contributed by atoms with Crippen LogP contribution in [0.5, 0.6) is 0 Å². The highest BCUT2D eigenvalue weighted by Gasteiger charge is 2.18. The van der Waals surface area contributed by atoms with Crippen LogP contribution in [0.25, 0.3) is 0 Å². The van der Waals surface area contributed by atoms with Crippen molar-refractivity contribution in [3.63, 3.8) is 0 Å². The van der Waals surface area contributed by atoms with Crippen LogP contribution in [-0.4, -0.2) is 21.9 Å². The maximum absolute atomic E-state index is 12.8. The van der Waals surface area contributed by atoms with Gasteiger partial charge in [-0.1, -0.05) is 59.5 Å². The predicted molar refractivity (Wildman–Crippen MR) is 95.4 cm³/mol. The van der Waals surface area contributed by atoms with Gasteiger partial charge in [-0.3, -0.25) is 9.69 Å². The molecule has 0 bridgehead atoms. The second-order valence-electron chi connectivity index (χ2n) is 4.78. The van der Waals surface area contributed by atoms with Crippen LogP contribution in [-0.2, 0) is 4.79 Å². The zero-order valence-electron chi connectivity index (χ0n) is 12.5. The smallest absolute Gasteiger partial charge is 0.241 e. The molecule has 0 aliphatic rings. The summed E-state index contributed by atoms with van der Waals surface area (Å²) in [5.41, 5.74) is 1.72. The zero-order chi connectivity index (χ0) is 16.1. The summed E-state index contributed by atoms with van der Waals surface area (Å²) in [7, 11) is 0. The topological polar surface area (TPSA) is 46.1 Å². The molecular weight excluding hydrogens is 326 g/mol. The summed E-state index contributed by atoms with van der Waals surface area (Å²) in [6.45, 7) is 1.91. The summed E-state index contributed by atoms with van der Waals surface area (Å²) < 4.78 is 0.817. The molecule has 23 heavy (non-hydrogen) atoms. The molecule has 6 heteroatoms. The zero-order valence-corrected chi connectivity index (χ0v) is 14.2. The van der Waals surface area contributed by atoms with E-state index in [1.807, 2.05) is 67.6 Å². The number of nitrogens with zero attached hydrogens (tertiary/aromatic N) is 3. The number of carbonyl (C=O) groups excluding carboxylic acids is 1. The lowest BCUT2D eigenvalue weighted by molar-refractivity contribution is -0.115. The molecule has 0 aliphatic heterocycles. The monoisotopic (exact) mass is 341 g/mol. The van der Waals surface area contributed by atoms with E-state index in [1.165, 1.54) is 23.1 Å². The average Bonchev–Trinajstić information content (AvgIpc) is 3.01. The van der Waals surface area contributed by atoms with Gasteiger partial charge in [-0.2, -0.15) is 0 Å². The number of para-hydroxylation sites is 2. The van der Waals surface area contributed by atoms with Gasteiger partial charge in [-0.05, 0) is 31.2 Å². The molecule has 0 N–H and O–H groups in total. The third-order valence-corrected chi connectivity index (χ3v) is 5.06. The van der Waals surface area contributed by atoms with Crippen molar-refractivity contribution in [2.75, 3.05) is 10.7 Å². The maximum Gasteiger partial charge on any atom is 0.241 e. The molecular formula is C17H15N3OS2. The van der Waals surface area contributed by atoms with Crippen molar-refractivity contribution in [2.24, 2.45) is 0 Å². The van der Waals surface area contributed by atoms with E-state index in [0.717, 1.165) is 20.7 Å². The molecule has 0 fully saturated rings. The quantitative estimate of drug-likeness (QED) is 0.649. The molecule has 2 aromatic carbocycles. The third kappa shape index (κ3) is 3.97. The van der Waals surface area contributed by atoms with E-state index in [-0.39, 0.29) is 5.91 Å². The minimum absolute atomic E-state index is 0.0141. The van der Waals surface area contributed by atoms with Crippen LogP contribution in [0.15, 0.2) is 65.0 Å². The highest BCUT2D eigenvalue weighted by atomic mass is 32.2. The van der Waals surface area contributed by atoms with Gasteiger partial charge in [0, 0.05) is 11.4 Å². The Balaban J connectivity index is 1.82. The Hall–Kier alpha value is -2.18. The van der Waals surface area contributed by atoms with Crippen LogP contribution < -0.4 is 4.90 Å². The molecule has 0 unspecified atom stereocenters. The van der Waals surface area contributed by atoms with E-state index >= 15 is 0 Å². The number of aryl methyl sites for hydroxylation is 1. The number of rotatable bonds is 5. The predicted octanol–water partition coefficient (Wildman–Crippen LogP) is 4.30. The molecule has 0 atom stereocenters. The number of hydrogen-bond donors (Lipinski definition) is 0. The summed E-state index contributed by atoms with van der Waals surface area (Å²) in [6.07, 6.45) is 0. The van der Waals surface area contributed by atoms with Crippen molar-refractivity contribution >= 4 is 40.4 Å². The van der Waals surface area contributed by atoms with Gasteiger partial charge in [0.1, 0.15) is 5.01 Å². The Kier molecular flexibility index (Phi) is 5.05. The van der Waals surface area contributed by atoms with Crippen LogP contribution in [0.1, 0.15) is 5.01 Å². The van der Waals surface area contributed by atoms with Gasteiger partial charge >= 0.3 is 0 Å². The fraction of sp³-hybridized carbons (Fsp3) is 0.118. The fourth-order valence-corrected chi connectivity index (χ4v) is 3.78. The molecule has 0 radical (unpaired) electrons. The maximum atomic E-state index is 12.8. The molecule has 116 valence electrons. The van der Waals surface area contributed by atoms with Gasteiger partial charge in [-0.25, -0.2) is 0 Å². The van der Waals surface area contributed by atoms with Gasteiger partial charge in [-0.15, -0.1) is 10.2 Å². The second kappa shape index (κ2) is 7.39. The molecule has 4 nitrogen and oxygen atoms in total. The van der Waals surface area contributed by atoms with E-state index in [2.05, 4.69) is 10.2 Å². The first-order chi connectivity index (χ1) is 11.2. The van der Waals surface area contributed by atoms with Crippen molar-refractivity contribution in [2.45, 2.75) is 11.3 Å². The van der Waals surface area contributed by atoms with E-state index in [1.54, 1.807) is 4.90 Å². The summed E-state index contributed by atoms with van der Waals surface area (Å²) in [5.74, 6) is 0.332. The van der Waals surface area contributed by atoms with Gasteiger partial charge in [0.2, 0.25) is 5.91 Å². The summed E-state index contributed by atoms with van der Waals surface area (Å²) in [6, 6.07) is 19.3. The molecule has 1 heterocycles. The van der Waals surface area contributed by atoms with E-state index < -0.39 is 0 Å². The van der Waals surface area contributed by atoms with E-state index in [4.69, 9.17) is 0 Å². The largest absolute Gasteiger partial charge is 0.280 e. The first-order valence-electron chi connectivity index (χ1n) is 7.10. The second-order valence-corrected chi connectivity index (χ2v) is 7.18. The lowest BCUT2D eigenvalue weighted by Gasteiger charge is -2.22. The van der Waals surface area contributed by atoms with Crippen molar-refractivity contribution < 1.29 is 4.79 Å². The van der Waals surface area contributed by atoms with Crippen LogP contribution in [0.2, 0.25) is 0 Å². The minimum atomic E-state index is 0.0141. The number of anilines is 2. The fourth-order valence-electron chi connectivity index (χ4n) is 2.12. The first-order valence-corrected chi connectivity index (χ1v) is 8.90. The molecule has 3 aromatic rings. The Bertz CT molecular complexity index is 735. The molecule has 1 aromatic heterocycles. The number of thioether (sulfide) groups is 1. The molecule has 0 saturated carbocycles. The van der Waals surface area contributed by atoms with Crippen LogP contribution in [0, 0.1) is 6.92 Å². The van der Waals surface area contributed by atoms with Gasteiger partial charge in [0.15, 0.2) is 4.34 Å². The van der Waals surface area contributed by atoms with Crippen molar-refractivity contribution in [3.05, 3.63) is 65.7 Å². The Morgan fingerprint density at radius 2 is 1.57 bits per heavy atom. The van der Waals surface area contributed by atoms with Crippen molar-refractivity contribution in [1.29, 1.82) is 0 Å². The number of hydrogen-bond acceptors (Lipinski definition) is 5. The van der Waals surface area contributed by atoms with E-state index in [9.17, 15) is 4.79 Å². The molecule has 0 spiro atoms. The normalized spacial score (nSPS) is 10.5. The van der Waals surface area contributed by atoms with E-state index in [0.29, 0.717) is 5.75 Å². The number of benzene rings is 2. The van der Waals surface area contributed by atoms with Gasteiger partial charge in [0.05, 0.1) is 5.75 Å². The Labute approximate surface area is 143 Å². The highest BCUT2D eigenvalue weighted by molar-refractivity contribution is 8.01. The summed E-state index contributed by atoms with van der Waals surface area (Å²) in [5, 5.41) is 8.94. The SMILES string of the molecule is Cc1nnc(SCC(=O)N(c2ccccc2)c2ccccc2)s1. The van der Waals surface area contributed by atoms with Crippen LogP contribution in [0.4, 0.5) is 11.4 Å². The Morgan fingerprint density at radius 3 is 2.04 bits per heavy atom. The Morgan fingerprint density at radius 1 is 1.00 bits per heavy atom. The third-order valence-electron chi connectivity index (χ3n) is 3.10. The lowest BCUT2D eigenvalue weighted by atomic mass is 10.2. The van der Waals surface area contributed by atoms with Crippen molar-refractivity contribution in [1.82, 2.24) is 10.2 Å². The van der Waals surface area contributed by atoms with Crippen LogP contribution >= 0.6 is 23.1 Å². The van der Waals surface area contributed by atoms with Gasteiger partial charge < -0.3 is 0 Å². The molecule has 1 amide bonds. The standard InChI is InChI=1S/C17H15N3OS2/c1-13-18-19-17(23-13)22-12-16(21)20(14-8-4-2-5-9-14)15-10-6-3-7-11-15/h2-11H,12H2,1H3. The van der Waals surface area contributed by atoms with Crippen molar-refractivity contribution in [3.8, 4) is 0 Å². The van der Waals surface area contributed by atoms with Gasteiger partial charge in [0.25, 0.3) is 0 Å². The molecule has 0 aliphatic carbocycles. The highest BCUT2D eigenvalue weighted by Crippen LogP contribution is 2.28. The minimum Gasteiger partial charge on any atom is -0.280 e. The average molecular weight is 341 g/mol. The number of aromatic nitrogens is 2. The molecule has 0 saturated heterocycles.